The molecule has 3 aliphatic rings. The van der Waals surface area contributed by atoms with E-state index in [-0.39, 0.29) is 37.6 Å². The van der Waals surface area contributed by atoms with Crippen LogP contribution in [0, 0.1) is 12.8 Å². The third-order valence-corrected chi connectivity index (χ3v) is 8.83. The first-order valence-electron chi connectivity index (χ1n) is 14.7. The van der Waals surface area contributed by atoms with Gasteiger partial charge in [-0.3, -0.25) is 19.3 Å². The zero-order valence-corrected chi connectivity index (χ0v) is 26.0. The number of aromatic nitrogens is 3. The molecule has 6 rings (SSSR count). The summed E-state index contributed by atoms with van der Waals surface area (Å²) in [6.45, 7) is 2.50. The molecule has 3 aromatic rings. The molecule has 0 spiro atoms. The lowest BCUT2D eigenvalue weighted by molar-refractivity contribution is -0.137. The topological polar surface area (TPSA) is 94.9 Å². The van der Waals surface area contributed by atoms with Crippen molar-refractivity contribution in [3.05, 3.63) is 76.5 Å². The van der Waals surface area contributed by atoms with E-state index in [1.54, 1.807) is 18.2 Å². The molecular formula is C31H29ClF5N7O3. The van der Waals surface area contributed by atoms with Crippen molar-refractivity contribution in [2.75, 3.05) is 34.8 Å². The fourth-order valence-electron chi connectivity index (χ4n) is 6.44. The van der Waals surface area contributed by atoms with Gasteiger partial charge in [0.2, 0.25) is 17.7 Å². The minimum atomic E-state index is -4.69. The van der Waals surface area contributed by atoms with Gasteiger partial charge in [-0.2, -0.15) is 13.2 Å². The number of carbonyl (C=O) groups is 3. The fourth-order valence-corrected chi connectivity index (χ4v) is 6.73. The van der Waals surface area contributed by atoms with Crippen LogP contribution < -0.4 is 14.7 Å². The average Bonchev–Trinajstić information content (AvgIpc) is 3.56. The van der Waals surface area contributed by atoms with Gasteiger partial charge in [-0.05, 0) is 37.3 Å². The molecule has 3 amide bonds. The van der Waals surface area contributed by atoms with E-state index in [0.717, 1.165) is 23.1 Å². The van der Waals surface area contributed by atoms with Crippen molar-refractivity contribution in [2.24, 2.45) is 5.92 Å². The Morgan fingerprint density at radius 2 is 1.91 bits per heavy atom. The first-order chi connectivity index (χ1) is 22.2. The number of anilines is 3. The number of alkyl halides is 5. The molecule has 10 nitrogen and oxygen atoms in total. The number of fused-ring (bicyclic) bond motifs is 3. The Bertz CT molecular complexity index is 1780. The monoisotopic (exact) mass is 677 g/mol. The summed E-state index contributed by atoms with van der Waals surface area (Å²) < 4.78 is 68.1. The third kappa shape index (κ3) is 6.27. The second-order valence-corrected chi connectivity index (χ2v) is 12.1. The van der Waals surface area contributed by atoms with E-state index in [1.807, 2.05) is 15.7 Å². The highest BCUT2D eigenvalue weighted by Crippen LogP contribution is 2.43. The smallest absolute Gasteiger partial charge is 0.362 e. The standard InChI is InChI=1S/C31H29ClF5N7O3/c1-17-10-19(31(35,36)37)12-24(38-17)44-27(46)11-18-13-43(29-21(32)4-3-5-22(29)40(2)30(47)28(18)44)15-20-14-41-8-9-42(16-25(41)39-20)26(45)7-6-23(33)34/h3-7,10,12,14,18,23,28H,8-9,11,13,15-16H2,1-2H3/b7-6+/t18-,28+/m1/s1. The zero-order valence-electron chi connectivity index (χ0n) is 25.2. The van der Waals surface area contributed by atoms with Gasteiger partial charge >= 0.3 is 6.18 Å². The number of amides is 3. The predicted octanol–water partition coefficient (Wildman–Crippen LogP) is 4.83. The van der Waals surface area contributed by atoms with Crippen LogP contribution in [0.25, 0.3) is 0 Å². The number of nitrogens with zero attached hydrogens (tertiary/aromatic N) is 7. The third-order valence-electron chi connectivity index (χ3n) is 8.53. The summed E-state index contributed by atoms with van der Waals surface area (Å²) in [6.07, 6.45) is -4.36. The molecule has 5 heterocycles. The maximum absolute atomic E-state index is 14.0. The molecular weight excluding hydrogens is 649 g/mol. The van der Waals surface area contributed by atoms with Crippen molar-refractivity contribution < 1.29 is 36.3 Å². The van der Waals surface area contributed by atoms with Crippen LogP contribution >= 0.6 is 11.6 Å². The number of imidazole rings is 1. The van der Waals surface area contributed by atoms with Gasteiger partial charge < -0.3 is 19.3 Å². The van der Waals surface area contributed by atoms with Crippen LogP contribution in [0.15, 0.2) is 48.7 Å². The number of para-hydroxylation sites is 1. The quantitative estimate of drug-likeness (QED) is 0.284. The summed E-state index contributed by atoms with van der Waals surface area (Å²) in [7, 11) is 1.52. The highest BCUT2D eigenvalue weighted by molar-refractivity contribution is 6.34. The van der Waals surface area contributed by atoms with Crippen LogP contribution in [0.2, 0.25) is 5.02 Å². The zero-order chi connectivity index (χ0) is 33.8. The number of aryl methyl sites for hydroxylation is 1. The van der Waals surface area contributed by atoms with Crippen molar-refractivity contribution in [3.63, 3.8) is 0 Å². The summed E-state index contributed by atoms with van der Waals surface area (Å²) >= 11 is 6.72. The van der Waals surface area contributed by atoms with Crippen molar-refractivity contribution in [3.8, 4) is 0 Å². The van der Waals surface area contributed by atoms with E-state index in [4.69, 9.17) is 16.6 Å². The molecule has 0 saturated carbocycles. The summed E-state index contributed by atoms with van der Waals surface area (Å²) in [5.74, 6) is -1.93. The molecule has 1 fully saturated rings. The Labute approximate surface area is 271 Å². The van der Waals surface area contributed by atoms with Crippen molar-refractivity contribution in [1.29, 1.82) is 0 Å². The number of halogens is 6. The lowest BCUT2D eigenvalue weighted by Crippen LogP contribution is -2.52. The van der Waals surface area contributed by atoms with E-state index in [1.165, 1.54) is 23.8 Å². The molecule has 2 aromatic heterocycles. The average molecular weight is 678 g/mol. The van der Waals surface area contributed by atoms with Gasteiger partial charge in [0, 0.05) is 57.0 Å². The van der Waals surface area contributed by atoms with E-state index in [9.17, 15) is 36.3 Å². The number of pyridine rings is 1. The maximum Gasteiger partial charge on any atom is 0.416 e. The normalized spacial score (nSPS) is 20.1. The summed E-state index contributed by atoms with van der Waals surface area (Å²) in [6, 6.07) is 5.55. The molecule has 1 saturated heterocycles. The number of carbonyl (C=O) groups excluding carboxylic acids is 3. The summed E-state index contributed by atoms with van der Waals surface area (Å²) in [5, 5.41) is 0.337. The molecule has 0 unspecified atom stereocenters. The van der Waals surface area contributed by atoms with E-state index < -0.39 is 47.8 Å². The fraction of sp³-hybridized carbons (Fsp3) is 0.387. The Hall–Kier alpha value is -4.53. The number of allylic oxidation sites excluding steroid dienone is 1. The maximum atomic E-state index is 14.0. The van der Waals surface area contributed by atoms with Crippen LogP contribution in [0.3, 0.4) is 0 Å². The van der Waals surface area contributed by atoms with Crippen molar-refractivity contribution in [2.45, 2.75) is 51.6 Å². The van der Waals surface area contributed by atoms with Gasteiger partial charge in [-0.15, -0.1) is 0 Å². The Morgan fingerprint density at radius 1 is 1.15 bits per heavy atom. The molecule has 3 aliphatic heterocycles. The Balaban J connectivity index is 1.34. The van der Waals surface area contributed by atoms with E-state index >= 15 is 0 Å². The first-order valence-corrected chi connectivity index (χ1v) is 15.1. The van der Waals surface area contributed by atoms with Crippen LogP contribution in [0.1, 0.15) is 29.2 Å². The highest BCUT2D eigenvalue weighted by atomic mass is 35.5. The lowest BCUT2D eigenvalue weighted by atomic mass is 9.95. The first kappa shape index (κ1) is 32.4. The number of hydrogen-bond acceptors (Lipinski definition) is 6. The highest BCUT2D eigenvalue weighted by Gasteiger charge is 2.49. The van der Waals surface area contributed by atoms with E-state index in [0.29, 0.717) is 47.1 Å². The minimum absolute atomic E-state index is 0.0468. The van der Waals surface area contributed by atoms with Gasteiger partial charge in [0.25, 0.3) is 6.43 Å². The molecule has 2 atom stereocenters. The Morgan fingerprint density at radius 3 is 2.64 bits per heavy atom. The molecule has 0 radical (unpaired) electrons. The second-order valence-electron chi connectivity index (χ2n) is 11.7. The predicted molar refractivity (Wildman–Crippen MR) is 162 cm³/mol. The SMILES string of the molecule is Cc1cc(C(F)(F)F)cc(N2C(=O)C[C@@H]3CN(Cc4cn5c(n4)CN(C(=O)/C=C/C(F)F)CC5)c4c(Cl)cccc4N(C)C(=O)[C@H]32)n1. The number of likely N-dealkylation sites (N-methyl/N-ethyl adjacent to an activating group) is 1. The number of hydrogen-bond donors (Lipinski definition) is 0. The summed E-state index contributed by atoms with van der Waals surface area (Å²) in [5.41, 5.74) is 0.606. The van der Waals surface area contributed by atoms with Gasteiger partial charge in [0.05, 0.1) is 40.7 Å². The molecule has 248 valence electrons. The van der Waals surface area contributed by atoms with Gasteiger partial charge in [0.15, 0.2) is 0 Å². The lowest BCUT2D eigenvalue weighted by Gasteiger charge is -2.39. The Kier molecular flexibility index (Phi) is 8.45. The van der Waals surface area contributed by atoms with Crippen LogP contribution in [-0.2, 0) is 40.2 Å². The van der Waals surface area contributed by atoms with Crippen molar-refractivity contribution in [1.82, 2.24) is 19.4 Å². The van der Waals surface area contributed by atoms with E-state index in [2.05, 4.69) is 4.98 Å². The van der Waals surface area contributed by atoms with Crippen LogP contribution in [0.4, 0.5) is 39.1 Å². The van der Waals surface area contributed by atoms with Gasteiger partial charge in [-0.25, -0.2) is 18.7 Å². The van der Waals surface area contributed by atoms with Gasteiger partial charge in [-0.1, -0.05) is 17.7 Å². The molecule has 0 N–H and O–H groups in total. The molecule has 1 aromatic carbocycles. The molecule has 0 aliphatic carbocycles. The molecule has 16 heteroatoms. The molecule has 0 bridgehead atoms. The molecule has 47 heavy (non-hydrogen) atoms. The minimum Gasteiger partial charge on any atom is -0.362 e. The van der Waals surface area contributed by atoms with Crippen LogP contribution in [-0.4, -0.2) is 69.8 Å². The van der Waals surface area contributed by atoms with Crippen LogP contribution in [0.5, 0.6) is 0 Å². The van der Waals surface area contributed by atoms with Gasteiger partial charge in [0.1, 0.15) is 17.7 Å². The second kappa shape index (κ2) is 12.2. The number of rotatable bonds is 5. The summed E-state index contributed by atoms with van der Waals surface area (Å²) in [4.78, 5) is 54.6. The van der Waals surface area contributed by atoms with Crippen molar-refractivity contribution >= 4 is 46.5 Å². The largest absolute Gasteiger partial charge is 0.416 e. The number of benzene rings is 1.